The largest absolute Gasteiger partial charge is 0.493 e. The molecule has 0 radical (unpaired) electrons. The maximum Gasteiger partial charge on any atom is 0.168 e. The highest BCUT2D eigenvalue weighted by atomic mass is 19.2. The van der Waals surface area contributed by atoms with E-state index in [0.29, 0.717) is 29.2 Å². The Labute approximate surface area is 158 Å². The van der Waals surface area contributed by atoms with Crippen LogP contribution >= 0.6 is 0 Å². The summed E-state index contributed by atoms with van der Waals surface area (Å²) in [4.78, 5) is 4.39. The molecule has 1 heterocycles. The van der Waals surface area contributed by atoms with Gasteiger partial charge in [-0.1, -0.05) is 26.0 Å². The van der Waals surface area contributed by atoms with Crippen molar-refractivity contribution in [2.24, 2.45) is 4.99 Å². The number of hydrogen-bond donors (Lipinski definition) is 0. The predicted molar refractivity (Wildman–Crippen MR) is 104 cm³/mol. The Bertz CT molecular complexity index is 886. The van der Waals surface area contributed by atoms with E-state index in [-0.39, 0.29) is 6.10 Å². The van der Waals surface area contributed by atoms with Crippen molar-refractivity contribution in [2.45, 2.75) is 39.2 Å². The highest BCUT2D eigenvalue weighted by molar-refractivity contribution is 6.04. The molecule has 1 aliphatic rings. The van der Waals surface area contributed by atoms with Gasteiger partial charge < -0.3 is 9.47 Å². The van der Waals surface area contributed by atoms with E-state index in [1.807, 2.05) is 30.4 Å². The van der Waals surface area contributed by atoms with Crippen molar-refractivity contribution in [3.63, 3.8) is 0 Å². The summed E-state index contributed by atoms with van der Waals surface area (Å²) in [5.41, 5.74) is 2.78. The first kappa shape index (κ1) is 19.1. The molecular formula is C22H23F2NO2. The maximum absolute atomic E-state index is 13.4. The maximum atomic E-state index is 13.4. The van der Waals surface area contributed by atoms with Crippen LogP contribution in [-0.4, -0.2) is 18.9 Å². The van der Waals surface area contributed by atoms with Crippen LogP contribution in [0, 0.1) is 11.6 Å². The van der Waals surface area contributed by atoms with E-state index in [1.54, 1.807) is 7.11 Å². The third-order valence-electron chi connectivity index (χ3n) is 4.64. The van der Waals surface area contributed by atoms with Gasteiger partial charge in [0.15, 0.2) is 23.1 Å². The molecular weight excluding hydrogens is 348 g/mol. The van der Waals surface area contributed by atoms with Crippen molar-refractivity contribution < 1.29 is 18.3 Å². The number of halogens is 2. The molecule has 2 aromatic rings. The second kappa shape index (κ2) is 8.33. The van der Waals surface area contributed by atoms with Crippen LogP contribution in [0.5, 0.6) is 11.5 Å². The van der Waals surface area contributed by atoms with Crippen LogP contribution in [0.25, 0.3) is 6.08 Å². The summed E-state index contributed by atoms with van der Waals surface area (Å²) in [5, 5.41) is 0. The first-order valence-corrected chi connectivity index (χ1v) is 9.12. The molecule has 0 bridgehead atoms. The van der Waals surface area contributed by atoms with Crippen LogP contribution in [0.3, 0.4) is 0 Å². The van der Waals surface area contributed by atoms with Crippen molar-refractivity contribution in [2.75, 3.05) is 7.11 Å². The Morgan fingerprint density at radius 3 is 2.56 bits per heavy atom. The fourth-order valence-electron chi connectivity index (χ4n) is 3.07. The number of aliphatic imine (C=N–C) groups is 1. The number of para-hydroxylation sites is 1. The minimum absolute atomic E-state index is 0.104. The lowest BCUT2D eigenvalue weighted by molar-refractivity contribution is 0.184. The molecule has 3 nitrogen and oxygen atoms in total. The van der Waals surface area contributed by atoms with Crippen molar-refractivity contribution >= 4 is 17.5 Å². The number of allylic oxidation sites excluding steroid dienone is 1. The van der Waals surface area contributed by atoms with E-state index in [9.17, 15) is 8.78 Å². The number of rotatable bonds is 7. The predicted octanol–water partition coefficient (Wildman–Crippen LogP) is 5.88. The molecule has 2 aromatic carbocycles. The van der Waals surface area contributed by atoms with Gasteiger partial charge in [-0.2, -0.15) is 0 Å². The van der Waals surface area contributed by atoms with Gasteiger partial charge in [0.2, 0.25) is 0 Å². The molecule has 0 saturated heterocycles. The van der Waals surface area contributed by atoms with Gasteiger partial charge in [-0.15, -0.1) is 0 Å². The van der Waals surface area contributed by atoms with E-state index in [4.69, 9.17) is 9.47 Å². The van der Waals surface area contributed by atoms with Gasteiger partial charge in [-0.3, -0.25) is 4.99 Å². The average molecular weight is 371 g/mol. The summed E-state index contributed by atoms with van der Waals surface area (Å²) in [6.45, 7) is 4.17. The van der Waals surface area contributed by atoms with E-state index < -0.39 is 11.6 Å². The first-order chi connectivity index (χ1) is 13.0. The van der Waals surface area contributed by atoms with Gasteiger partial charge in [-0.05, 0) is 42.7 Å². The van der Waals surface area contributed by atoms with Crippen molar-refractivity contribution in [1.29, 1.82) is 0 Å². The molecule has 142 valence electrons. The fraction of sp³-hybridized carbons (Fsp3) is 0.318. The highest BCUT2D eigenvalue weighted by Crippen LogP contribution is 2.34. The Balaban J connectivity index is 1.86. The van der Waals surface area contributed by atoms with E-state index >= 15 is 0 Å². The first-order valence-electron chi connectivity index (χ1n) is 9.12. The van der Waals surface area contributed by atoms with Gasteiger partial charge in [0.25, 0.3) is 0 Å². The number of ether oxygens (including phenoxy) is 2. The number of hydrogen-bond acceptors (Lipinski definition) is 3. The van der Waals surface area contributed by atoms with Crippen LogP contribution in [0.4, 0.5) is 14.5 Å². The Hall–Kier alpha value is -2.69. The summed E-state index contributed by atoms with van der Waals surface area (Å²) in [6, 6.07) is 8.05. The number of fused-ring (bicyclic) bond motifs is 1. The molecule has 0 spiro atoms. The van der Waals surface area contributed by atoms with Crippen LogP contribution in [0.15, 0.2) is 41.4 Å². The average Bonchev–Trinajstić information content (AvgIpc) is 3.06. The molecule has 0 fully saturated rings. The molecule has 3 rings (SSSR count). The normalized spacial score (nSPS) is 13.2. The lowest BCUT2D eigenvalue weighted by Gasteiger charge is -2.19. The Morgan fingerprint density at radius 1 is 1.11 bits per heavy atom. The Morgan fingerprint density at radius 2 is 1.85 bits per heavy atom. The lowest BCUT2D eigenvalue weighted by Crippen LogP contribution is -2.15. The van der Waals surface area contributed by atoms with Crippen molar-refractivity contribution in [3.05, 3.63) is 59.2 Å². The SMILES string of the molecule is CCC(CC)Oc1c(/C=C/C2=Nc3cc(F)c(F)cc3C2)cccc1OC. The summed E-state index contributed by atoms with van der Waals surface area (Å²) in [6.07, 6.45) is 6.12. The van der Waals surface area contributed by atoms with E-state index in [0.717, 1.165) is 30.2 Å². The standard InChI is InChI=1S/C22H23F2NO2/c1-4-17(5-2)27-22-14(7-6-8-21(22)26-3)9-10-16-11-15-12-18(23)19(24)13-20(15)25-16/h6-10,12-13,17H,4-5,11H2,1-3H3/b10-9+. The quantitative estimate of drug-likeness (QED) is 0.608. The van der Waals surface area contributed by atoms with Gasteiger partial charge >= 0.3 is 0 Å². The van der Waals surface area contributed by atoms with Crippen molar-refractivity contribution in [1.82, 2.24) is 0 Å². The van der Waals surface area contributed by atoms with Crippen LogP contribution in [-0.2, 0) is 6.42 Å². The van der Waals surface area contributed by atoms with Gasteiger partial charge in [0.05, 0.1) is 18.9 Å². The molecule has 0 aliphatic carbocycles. The third-order valence-corrected chi connectivity index (χ3v) is 4.64. The highest BCUT2D eigenvalue weighted by Gasteiger charge is 2.17. The van der Waals surface area contributed by atoms with E-state index in [1.165, 1.54) is 6.07 Å². The van der Waals surface area contributed by atoms with Crippen LogP contribution < -0.4 is 9.47 Å². The molecule has 0 atom stereocenters. The summed E-state index contributed by atoms with van der Waals surface area (Å²) >= 11 is 0. The number of methoxy groups -OCH3 is 1. The van der Waals surface area contributed by atoms with Crippen LogP contribution in [0.2, 0.25) is 0 Å². The molecule has 0 amide bonds. The third kappa shape index (κ3) is 4.18. The number of benzene rings is 2. The van der Waals surface area contributed by atoms with E-state index in [2.05, 4.69) is 18.8 Å². The lowest BCUT2D eigenvalue weighted by atomic mass is 10.1. The summed E-state index contributed by atoms with van der Waals surface area (Å²) in [5.74, 6) is -0.359. The molecule has 0 saturated carbocycles. The van der Waals surface area contributed by atoms with Gasteiger partial charge in [0, 0.05) is 23.8 Å². The summed E-state index contributed by atoms with van der Waals surface area (Å²) in [7, 11) is 1.61. The number of nitrogens with zero attached hydrogens (tertiary/aromatic N) is 1. The van der Waals surface area contributed by atoms with Gasteiger partial charge in [-0.25, -0.2) is 8.78 Å². The second-order valence-electron chi connectivity index (χ2n) is 6.44. The smallest absolute Gasteiger partial charge is 0.168 e. The Kier molecular flexibility index (Phi) is 5.89. The molecule has 0 unspecified atom stereocenters. The fourth-order valence-corrected chi connectivity index (χ4v) is 3.07. The minimum Gasteiger partial charge on any atom is -0.493 e. The molecule has 0 N–H and O–H groups in total. The van der Waals surface area contributed by atoms with Crippen molar-refractivity contribution in [3.8, 4) is 11.5 Å². The molecule has 27 heavy (non-hydrogen) atoms. The monoisotopic (exact) mass is 371 g/mol. The minimum atomic E-state index is -0.878. The van der Waals surface area contributed by atoms with Crippen LogP contribution in [0.1, 0.15) is 37.8 Å². The second-order valence-corrected chi connectivity index (χ2v) is 6.44. The molecule has 1 aliphatic heterocycles. The van der Waals surface area contributed by atoms with Gasteiger partial charge in [0.1, 0.15) is 0 Å². The summed E-state index contributed by atoms with van der Waals surface area (Å²) < 4.78 is 38.4. The zero-order chi connectivity index (χ0) is 19.4. The molecule has 5 heteroatoms. The zero-order valence-electron chi connectivity index (χ0n) is 15.8. The zero-order valence-corrected chi connectivity index (χ0v) is 15.8. The topological polar surface area (TPSA) is 30.8 Å². The molecule has 0 aromatic heterocycles.